The molecule has 2 heteroatoms. The van der Waals surface area contributed by atoms with Crippen LogP contribution in [0.25, 0.3) is 0 Å². The molecule has 2 nitrogen and oxygen atoms in total. The van der Waals surface area contributed by atoms with E-state index in [1.165, 1.54) is 49.7 Å². The van der Waals surface area contributed by atoms with E-state index < -0.39 is 0 Å². The molecule has 3 rings (SSSR count). The summed E-state index contributed by atoms with van der Waals surface area (Å²) in [4.78, 5) is 0. The fourth-order valence-electron chi connectivity index (χ4n) is 3.25. The maximum absolute atomic E-state index is 6.09. The molecule has 0 bridgehead atoms. The summed E-state index contributed by atoms with van der Waals surface area (Å²) < 4.78 is 6.09. The molecule has 2 unspecified atom stereocenters. The van der Waals surface area contributed by atoms with Gasteiger partial charge in [-0.3, -0.25) is 0 Å². The van der Waals surface area contributed by atoms with E-state index in [1.807, 2.05) is 0 Å². The minimum atomic E-state index is 0.483. The van der Waals surface area contributed by atoms with Gasteiger partial charge in [-0.05, 0) is 55.7 Å². The molecular formula is C19H29NO. The van der Waals surface area contributed by atoms with Crippen LogP contribution in [-0.4, -0.2) is 18.7 Å². The van der Waals surface area contributed by atoms with E-state index in [0.29, 0.717) is 6.10 Å². The van der Waals surface area contributed by atoms with E-state index in [0.717, 1.165) is 31.5 Å². The summed E-state index contributed by atoms with van der Waals surface area (Å²) in [5, 5.41) is 3.57. The maximum Gasteiger partial charge on any atom is 0.0720 e. The van der Waals surface area contributed by atoms with Crippen molar-refractivity contribution in [1.29, 1.82) is 0 Å². The summed E-state index contributed by atoms with van der Waals surface area (Å²) in [5.74, 6) is 0.838. The topological polar surface area (TPSA) is 21.3 Å². The quantitative estimate of drug-likeness (QED) is 0.816. The zero-order valence-electron chi connectivity index (χ0n) is 13.3. The first-order chi connectivity index (χ1) is 10.3. The van der Waals surface area contributed by atoms with E-state index in [4.69, 9.17) is 4.74 Å². The highest BCUT2D eigenvalue weighted by Gasteiger charge is 2.20. The van der Waals surface area contributed by atoms with Crippen LogP contribution in [0.1, 0.15) is 56.6 Å². The van der Waals surface area contributed by atoms with E-state index in [2.05, 4.69) is 36.5 Å². The minimum Gasteiger partial charge on any atom is -0.374 e. The number of hydrogen-bond donors (Lipinski definition) is 1. The van der Waals surface area contributed by atoms with Crippen LogP contribution < -0.4 is 5.32 Å². The van der Waals surface area contributed by atoms with Crippen molar-refractivity contribution >= 4 is 0 Å². The molecule has 116 valence electrons. The van der Waals surface area contributed by atoms with Crippen molar-refractivity contribution < 1.29 is 4.74 Å². The van der Waals surface area contributed by atoms with E-state index in [-0.39, 0.29) is 0 Å². The molecule has 2 aliphatic carbocycles. The molecule has 2 saturated carbocycles. The Balaban J connectivity index is 1.38. The van der Waals surface area contributed by atoms with Crippen molar-refractivity contribution in [2.75, 3.05) is 6.54 Å². The van der Waals surface area contributed by atoms with Gasteiger partial charge in [0.05, 0.1) is 12.7 Å². The zero-order chi connectivity index (χ0) is 14.5. The molecule has 2 atom stereocenters. The first-order valence-corrected chi connectivity index (χ1v) is 8.72. The molecule has 1 N–H and O–H groups in total. The molecule has 0 spiro atoms. The first kappa shape index (κ1) is 15.1. The van der Waals surface area contributed by atoms with Crippen molar-refractivity contribution in [3.05, 3.63) is 35.4 Å². The average molecular weight is 287 g/mol. The van der Waals surface area contributed by atoms with Gasteiger partial charge >= 0.3 is 0 Å². The molecule has 0 amide bonds. The number of nitrogens with one attached hydrogen (secondary N) is 1. The van der Waals surface area contributed by atoms with Gasteiger partial charge < -0.3 is 10.1 Å². The van der Waals surface area contributed by atoms with Crippen LogP contribution in [0.4, 0.5) is 0 Å². The number of benzene rings is 1. The molecular weight excluding hydrogens is 258 g/mol. The van der Waals surface area contributed by atoms with Gasteiger partial charge in [0, 0.05) is 6.04 Å². The van der Waals surface area contributed by atoms with Gasteiger partial charge in [-0.1, -0.05) is 44.0 Å². The van der Waals surface area contributed by atoms with Gasteiger partial charge in [0.15, 0.2) is 0 Å². The largest absolute Gasteiger partial charge is 0.374 e. The monoisotopic (exact) mass is 287 g/mol. The van der Waals surface area contributed by atoms with Gasteiger partial charge in [0.1, 0.15) is 0 Å². The van der Waals surface area contributed by atoms with Crippen molar-refractivity contribution in [2.24, 2.45) is 5.92 Å². The van der Waals surface area contributed by atoms with Crippen molar-refractivity contribution in [3.63, 3.8) is 0 Å². The lowest BCUT2D eigenvalue weighted by molar-refractivity contribution is 0.00466. The average Bonchev–Trinajstić information content (AvgIpc) is 3.31. The third-order valence-electron chi connectivity index (χ3n) is 4.82. The lowest BCUT2D eigenvalue weighted by Gasteiger charge is -2.26. The molecule has 1 aromatic carbocycles. The van der Waals surface area contributed by atoms with E-state index >= 15 is 0 Å². The van der Waals surface area contributed by atoms with Crippen LogP contribution in [-0.2, 0) is 17.8 Å². The highest BCUT2D eigenvalue weighted by molar-refractivity contribution is 5.22. The molecule has 0 aliphatic heterocycles. The summed E-state index contributed by atoms with van der Waals surface area (Å²) in [6, 6.07) is 9.81. The predicted octanol–water partition coefficient (Wildman–Crippen LogP) is 4.08. The molecule has 2 fully saturated rings. The smallest absolute Gasteiger partial charge is 0.0720 e. The second-order valence-corrected chi connectivity index (χ2v) is 7.00. The van der Waals surface area contributed by atoms with Crippen molar-refractivity contribution in [1.82, 2.24) is 5.32 Å². The van der Waals surface area contributed by atoms with Crippen molar-refractivity contribution in [3.8, 4) is 0 Å². The van der Waals surface area contributed by atoms with Gasteiger partial charge in [0.25, 0.3) is 0 Å². The number of ether oxygens (including phenoxy) is 1. The minimum absolute atomic E-state index is 0.483. The second kappa shape index (κ2) is 7.42. The predicted molar refractivity (Wildman–Crippen MR) is 87.4 cm³/mol. The normalized spacial score (nSPS) is 26.0. The first-order valence-electron chi connectivity index (χ1n) is 8.72. The standard InChI is InChI=1S/C19H29NO/c1-15-3-2-4-19(13-15)21-14-17-7-5-16(6-8-17)11-12-20-18-9-10-18/h5-8,15,18-20H,2-4,9-14H2,1H3. The lowest BCUT2D eigenvalue weighted by Crippen LogP contribution is -2.21. The summed E-state index contributed by atoms with van der Waals surface area (Å²) in [6.45, 7) is 4.23. The van der Waals surface area contributed by atoms with Gasteiger partial charge in [0.2, 0.25) is 0 Å². The molecule has 0 saturated heterocycles. The van der Waals surface area contributed by atoms with Crippen LogP contribution in [0.5, 0.6) is 0 Å². The summed E-state index contributed by atoms with van der Waals surface area (Å²) >= 11 is 0. The Kier molecular flexibility index (Phi) is 5.32. The highest BCUT2D eigenvalue weighted by atomic mass is 16.5. The fraction of sp³-hybridized carbons (Fsp3) is 0.684. The number of rotatable bonds is 7. The fourth-order valence-corrected chi connectivity index (χ4v) is 3.25. The van der Waals surface area contributed by atoms with Crippen LogP contribution in [0.3, 0.4) is 0 Å². The molecule has 2 aliphatic rings. The highest BCUT2D eigenvalue weighted by Crippen LogP contribution is 2.26. The SMILES string of the molecule is CC1CCCC(OCc2ccc(CCNC3CC3)cc2)C1. The third kappa shape index (κ3) is 5.12. The molecule has 21 heavy (non-hydrogen) atoms. The van der Waals surface area contributed by atoms with E-state index in [1.54, 1.807) is 0 Å². The molecule has 1 aromatic rings. The Morgan fingerprint density at radius 1 is 1.05 bits per heavy atom. The Morgan fingerprint density at radius 2 is 1.81 bits per heavy atom. The van der Waals surface area contributed by atoms with Crippen LogP contribution in [0, 0.1) is 5.92 Å². The van der Waals surface area contributed by atoms with Crippen molar-refractivity contribution in [2.45, 2.75) is 70.6 Å². The third-order valence-corrected chi connectivity index (χ3v) is 4.82. The number of hydrogen-bond acceptors (Lipinski definition) is 2. The summed E-state index contributed by atoms with van der Waals surface area (Å²) in [6.07, 6.45) is 9.56. The lowest BCUT2D eigenvalue weighted by atomic mass is 9.89. The zero-order valence-corrected chi connectivity index (χ0v) is 13.3. The Hall–Kier alpha value is -0.860. The Labute approximate surface area is 129 Å². The van der Waals surface area contributed by atoms with Gasteiger partial charge in [-0.2, -0.15) is 0 Å². The molecule has 0 aromatic heterocycles. The van der Waals surface area contributed by atoms with Crippen LogP contribution in [0.15, 0.2) is 24.3 Å². The maximum atomic E-state index is 6.09. The summed E-state index contributed by atoms with van der Waals surface area (Å²) in [7, 11) is 0. The van der Waals surface area contributed by atoms with Gasteiger partial charge in [-0.25, -0.2) is 0 Å². The Bertz CT molecular complexity index is 424. The summed E-state index contributed by atoms with van der Waals surface area (Å²) in [5.41, 5.74) is 2.74. The van der Waals surface area contributed by atoms with Crippen LogP contribution >= 0.6 is 0 Å². The Morgan fingerprint density at radius 3 is 2.52 bits per heavy atom. The second-order valence-electron chi connectivity index (χ2n) is 7.00. The van der Waals surface area contributed by atoms with Crippen LogP contribution in [0.2, 0.25) is 0 Å². The molecule has 0 radical (unpaired) electrons. The van der Waals surface area contributed by atoms with E-state index in [9.17, 15) is 0 Å². The molecule has 0 heterocycles. The van der Waals surface area contributed by atoms with Gasteiger partial charge in [-0.15, -0.1) is 0 Å².